The van der Waals surface area contributed by atoms with E-state index >= 15 is 0 Å². The van der Waals surface area contributed by atoms with Crippen molar-refractivity contribution in [2.24, 2.45) is 0 Å². The lowest BCUT2D eigenvalue weighted by molar-refractivity contribution is 1.17. The molecule has 0 bridgehead atoms. The van der Waals surface area contributed by atoms with Gasteiger partial charge in [0.15, 0.2) is 0 Å². The quantitative estimate of drug-likeness (QED) is 0.201. The number of hydrogen-bond acceptors (Lipinski definition) is 0. The van der Waals surface area contributed by atoms with Crippen LogP contribution in [0.2, 0.25) is 0 Å². The second kappa shape index (κ2) is 9.86. The molecule has 9 aromatic rings. The van der Waals surface area contributed by atoms with Gasteiger partial charge in [-0.25, -0.2) is 0 Å². The van der Waals surface area contributed by atoms with Crippen LogP contribution in [0.3, 0.4) is 0 Å². The third kappa shape index (κ3) is 3.75. The molecule has 2 heteroatoms. The molecule has 0 spiro atoms. The standard InChI is InChI=1S/C42H28N2/c1-3-11-29(12-4-1)31-19-23-33(24-20-31)43-39-18-10-8-16-37(39)41-40(43)28-27-36-35-15-7-9-17-38(35)44(42(36)41)34-25-21-32(22-26-34)30-13-5-2-6-14-30/h1-28H/i1D,3D,4D,11D,12D. The van der Waals surface area contributed by atoms with E-state index in [4.69, 9.17) is 6.85 Å². The van der Waals surface area contributed by atoms with E-state index in [0.717, 1.165) is 44.2 Å². The second-order valence-corrected chi connectivity index (χ2v) is 11.0. The highest BCUT2D eigenvalue weighted by Gasteiger charge is 2.20. The van der Waals surface area contributed by atoms with E-state index in [2.05, 4.69) is 112 Å². The summed E-state index contributed by atoms with van der Waals surface area (Å²) in [5, 5.41) is 4.63. The summed E-state index contributed by atoms with van der Waals surface area (Å²) in [6.45, 7) is 0. The highest BCUT2D eigenvalue weighted by atomic mass is 15.0. The molecule has 0 saturated heterocycles. The molecule has 0 aliphatic carbocycles. The molecule has 206 valence electrons. The Labute approximate surface area is 262 Å². The molecule has 0 radical (unpaired) electrons. The summed E-state index contributed by atoms with van der Waals surface area (Å²) in [7, 11) is 0. The van der Waals surface area contributed by atoms with E-state index in [1.54, 1.807) is 0 Å². The van der Waals surface area contributed by atoms with Gasteiger partial charge in [0, 0.05) is 32.9 Å². The number of benzene rings is 7. The first-order valence-electron chi connectivity index (χ1n) is 17.2. The van der Waals surface area contributed by atoms with Crippen molar-refractivity contribution in [1.29, 1.82) is 0 Å². The third-order valence-corrected chi connectivity index (χ3v) is 8.62. The molecule has 0 atom stereocenters. The molecule has 2 aromatic heterocycles. The Balaban J connectivity index is 1.29. The summed E-state index contributed by atoms with van der Waals surface area (Å²) in [6, 6.07) is 46.7. The van der Waals surface area contributed by atoms with Gasteiger partial charge in [0.1, 0.15) is 0 Å². The van der Waals surface area contributed by atoms with Gasteiger partial charge in [0.25, 0.3) is 0 Å². The lowest BCUT2D eigenvalue weighted by atomic mass is 10.1. The molecular formula is C42H28N2. The van der Waals surface area contributed by atoms with Crippen LogP contribution in [-0.2, 0) is 0 Å². The van der Waals surface area contributed by atoms with E-state index in [0.29, 0.717) is 5.56 Å². The second-order valence-electron chi connectivity index (χ2n) is 11.0. The van der Waals surface area contributed by atoms with Crippen molar-refractivity contribution in [3.05, 3.63) is 170 Å². The Morgan fingerprint density at radius 1 is 0.364 bits per heavy atom. The van der Waals surface area contributed by atoms with Crippen LogP contribution in [0.15, 0.2) is 170 Å². The SMILES string of the molecule is [2H]c1c([2H])c([2H])c(-c2ccc(-n3c4ccccc4c4c3ccc3c5ccccc5n(-c5ccc(-c6ccccc6)cc5)c34)cc2)c([2H])c1[2H]. The molecule has 0 aliphatic heterocycles. The Hall–Kier alpha value is -5.86. The number of para-hydroxylation sites is 2. The van der Waals surface area contributed by atoms with Crippen LogP contribution in [0, 0.1) is 0 Å². The van der Waals surface area contributed by atoms with Gasteiger partial charge in [-0.3, -0.25) is 0 Å². The van der Waals surface area contributed by atoms with Gasteiger partial charge >= 0.3 is 0 Å². The monoisotopic (exact) mass is 565 g/mol. The van der Waals surface area contributed by atoms with Gasteiger partial charge in [-0.15, -0.1) is 0 Å². The first-order chi connectivity index (χ1) is 23.9. The first kappa shape index (κ1) is 20.1. The average molecular weight is 566 g/mol. The Bertz CT molecular complexity index is 2710. The highest BCUT2D eigenvalue weighted by molar-refractivity contribution is 6.26. The fraction of sp³-hybridized carbons (Fsp3) is 0. The fourth-order valence-corrected chi connectivity index (χ4v) is 6.66. The number of fused-ring (bicyclic) bond motifs is 7. The van der Waals surface area contributed by atoms with E-state index in [1.807, 2.05) is 36.4 Å². The van der Waals surface area contributed by atoms with Crippen LogP contribution in [0.5, 0.6) is 0 Å². The maximum atomic E-state index is 8.47. The van der Waals surface area contributed by atoms with E-state index < -0.39 is 6.04 Å². The average Bonchev–Trinajstić information content (AvgIpc) is 3.67. The predicted molar refractivity (Wildman–Crippen MR) is 186 cm³/mol. The molecule has 44 heavy (non-hydrogen) atoms. The largest absolute Gasteiger partial charge is 0.309 e. The number of nitrogens with zero attached hydrogens (tertiary/aromatic N) is 2. The van der Waals surface area contributed by atoms with Crippen LogP contribution in [0.4, 0.5) is 0 Å². The Morgan fingerprint density at radius 2 is 0.909 bits per heavy atom. The molecule has 0 aliphatic rings. The normalized spacial score (nSPS) is 13.2. The smallest absolute Gasteiger partial charge is 0.0641 e. The summed E-state index contributed by atoms with van der Waals surface area (Å²) in [4.78, 5) is 0. The minimum absolute atomic E-state index is 0.198. The maximum absolute atomic E-state index is 8.47. The summed E-state index contributed by atoms with van der Waals surface area (Å²) >= 11 is 0. The zero-order valence-electron chi connectivity index (χ0n) is 28.7. The number of rotatable bonds is 4. The fourth-order valence-electron chi connectivity index (χ4n) is 6.66. The molecule has 9 rings (SSSR count). The van der Waals surface area contributed by atoms with Crippen LogP contribution >= 0.6 is 0 Å². The number of aromatic nitrogens is 2. The van der Waals surface area contributed by atoms with Crippen molar-refractivity contribution in [3.8, 4) is 33.6 Å². The van der Waals surface area contributed by atoms with Crippen molar-refractivity contribution < 1.29 is 6.85 Å². The van der Waals surface area contributed by atoms with Crippen LogP contribution in [0.25, 0.3) is 77.2 Å². The van der Waals surface area contributed by atoms with Crippen LogP contribution in [-0.4, -0.2) is 9.13 Å². The van der Waals surface area contributed by atoms with Gasteiger partial charge in [0.05, 0.1) is 28.9 Å². The molecule has 7 aromatic carbocycles. The highest BCUT2D eigenvalue weighted by Crippen LogP contribution is 2.42. The first-order valence-corrected chi connectivity index (χ1v) is 14.7. The van der Waals surface area contributed by atoms with Gasteiger partial charge < -0.3 is 9.13 Å². The maximum Gasteiger partial charge on any atom is 0.0641 e. The summed E-state index contributed by atoms with van der Waals surface area (Å²) in [5.41, 5.74) is 9.49. The van der Waals surface area contributed by atoms with E-state index in [9.17, 15) is 0 Å². The van der Waals surface area contributed by atoms with Gasteiger partial charge in [-0.05, 0) is 64.7 Å². The summed E-state index contributed by atoms with van der Waals surface area (Å²) in [6.07, 6.45) is 0. The topological polar surface area (TPSA) is 9.86 Å². The molecule has 2 heterocycles. The van der Waals surface area contributed by atoms with Gasteiger partial charge in [-0.1, -0.05) is 127 Å². The summed E-state index contributed by atoms with van der Waals surface area (Å²) < 4.78 is 45.8. The van der Waals surface area contributed by atoms with Crippen molar-refractivity contribution in [2.45, 2.75) is 0 Å². The van der Waals surface area contributed by atoms with Crippen molar-refractivity contribution in [1.82, 2.24) is 9.13 Å². The molecule has 0 saturated carbocycles. The zero-order chi connectivity index (χ0) is 33.4. The molecule has 0 N–H and O–H groups in total. The molecule has 2 nitrogen and oxygen atoms in total. The molecule has 0 unspecified atom stereocenters. The summed E-state index contributed by atoms with van der Waals surface area (Å²) in [5.74, 6) is 0. The molecule has 0 amide bonds. The van der Waals surface area contributed by atoms with Crippen LogP contribution in [0.1, 0.15) is 6.85 Å². The minimum Gasteiger partial charge on any atom is -0.309 e. The lowest BCUT2D eigenvalue weighted by Gasteiger charge is -2.11. The lowest BCUT2D eigenvalue weighted by Crippen LogP contribution is -1.95. The molecule has 0 fully saturated rings. The van der Waals surface area contributed by atoms with Crippen molar-refractivity contribution >= 4 is 43.6 Å². The Morgan fingerprint density at radius 3 is 1.61 bits per heavy atom. The third-order valence-electron chi connectivity index (χ3n) is 8.62. The number of hydrogen-bond donors (Lipinski definition) is 0. The van der Waals surface area contributed by atoms with Crippen molar-refractivity contribution in [2.75, 3.05) is 0 Å². The zero-order valence-corrected chi connectivity index (χ0v) is 23.7. The van der Waals surface area contributed by atoms with E-state index in [1.165, 1.54) is 21.9 Å². The van der Waals surface area contributed by atoms with Crippen molar-refractivity contribution in [3.63, 3.8) is 0 Å². The van der Waals surface area contributed by atoms with Gasteiger partial charge in [-0.2, -0.15) is 0 Å². The predicted octanol–water partition coefficient (Wildman–Crippen LogP) is 11.2. The Kier molecular flexibility index (Phi) is 4.51. The van der Waals surface area contributed by atoms with Crippen LogP contribution < -0.4 is 0 Å². The minimum atomic E-state index is -0.392. The molecular weight excluding hydrogens is 532 g/mol. The van der Waals surface area contributed by atoms with Gasteiger partial charge in [0.2, 0.25) is 0 Å². The van der Waals surface area contributed by atoms with E-state index in [-0.39, 0.29) is 29.7 Å².